The van der Waals surface area contributed by atoms with Gasteiger partial charge < -0.3 is 9.88 Å². The minimum Gasteiger partial charge on any atom is -0.356 e. The molecule has 0 radical (unpaired) electrons. The highest BCUT2D eigenvalue weighted by molar-refractivity contribution is 7.98. The third-order valence-electron chi connectivity index (χ3n) is 4.38. The lowest BCUT2D eigenvalue weighted by molar-refractivity contribution is -0.125. The van der Waals surface area contributed by atoms with Crippen molar-refractivity contribution >= 4 is 17.7 Å². The second-order valence-electron chi connectivity index (χ2n) is 6.84. The molecule has 1 fully saturated rings. The van der Waals surface area contributed by atoms with E-state index < -0.39 is 0 Å². The average Bonchev–Trinajstić information content (AvgIpc) is 2.93. The summed E-state index contributed by atoms with van der Waals surface area (Å²) < 4.78 is 2.22. The number of amides is 1. The number of hydrogen-bond acceptors (Lipinski definition) is 4. The molecule has 6 heteroatoms. The van der Waals surface area contributed by atoms with E-state index in [-0.39, 0.29) is 11.8 Å². The quantitative estimate of drug-likeness (QED) is 0.584. The maximum Gasteiger partial charge on any atom is 0.223 e. The van der Waals surface area contributed by atoms with Crippen LogP contribution in [0.4, 0.5) is 0 Å². The second kappa shape index (κ2) is 9.30. The predicted octanol–water partition coefficient (Wildman–Crippen LogP) is 3.29. The molecule has 5 nitrogen and oxygen atoms in total. The molecule has 0 spiro atoms. The van der Waals surface area contributed by atoms with E-state index in [9.17, 15) is 4.79 Å². The van der Waals surface area contributed by atoms with E-state index in [0.29, 0.717) is 5.92 Å². The van der Waals surface area contributed by atoms with Crippen molar-refractivity contribution < 1.29 is 4.79 Å². The molecule has 0 atom stereocenters. The summed E-state index contributed by atoms with van der Waals surface area (Å²) in [4.78, 5) is 12.1. The van der Waals surface area contributed by atoms with E-state index in [1.54, 1.807) is 11.8 Å². The van der Waals surface area contributed by atoms with Crippen LogP contribution in [0.2, 0.25) is 0 Å². The Morgan fingerprint density at radius 1 is 1.30 bits per heavy atom. The summed E-state index contributed by atoms with van der Waals surface area (Å²) in [5.41, 5.74) is 0. The molecule has 0 saturated heterocycles. The van der Waals surface area contributed by atoms with Crippen LogP contribution in [-0.2, 0) is 17.8 Å². The number of nitrogens with zero attached hydrogens (tertiary/aromatic N) is 3. The number of rotatable bonds is 8. The standard InChI is InChI=1S/C17H30N4OS/c1-13(2)12-21-15(19-20-17(21)23-3)10-7-11-18-16(22)14-8-5-4-6-9-14/h13-14H,4-12H2,1-3H3,(H,18,22). The zero-order valence-corrected chi connectivity index (χ0v) is 15.5. The molecule has 1 aliphatic rings. The molecule has 1 aromatic rings. The number of nitrogens with one attached hydrogen (secondary N) is 1. The van der Waals surface area contributed by atoms with Gasteiger partial charge in [-0.3, -0.25) is 4.79 Å². The monoisotopic (exact) mass is 338 g/mol. The van der Waals surface area contributed by atoms with Crippen LogP contribution in [0, 0.1) is 11.8 Å². The van der Waals surface area contributed by atoms with E-state index in [1.165, 1.54) is 19.3 Å². The van der Waals surface area contributed by atoms with Gasteiger partial charge in [0.25, 0.3) is 0 Å². The Balaban J connectivity index is 1.77. The Morgan fingerprint density at radius 2 is 2.04 bits per heavy atom. The number of aryl methyl sites for hydroxylation is 1. The second-order valence-corrected chi connectivity index (χ2v) is 7.61. The number of carbonyl (C=O) groups excluding carboxylic acids is 1. The predicted molar refractivity (Wildman–Crippen MR) is 94.5 cm³/mol. The van der Waals surface area contributed by atoms with Gasteiger partial charge in [-0.25, -0.2) is 0 Å². The summed E-state index contributed by atoms with van der Waals surface area (Å²) in [6.45, 7) is 6.10. The van der Waals surface area contributed by atoms with Gasteiger partial charge in [0.05, 0.1) is 0 Å². The van der Waals surface area contributed by atoms with Crippen LogP contribution in [0.1, 0.15) is 58.2 Å². The average molecular weight is 339 g/mol. The fourth-order valence-corrected chi connectivity index (χ4v) is 3.69. The van der Waals surface area contributed by atoms with E-state index in [0.717, 1.165) is 49.8 Å². The highest BCUT2D eigenvalue weighted by Gasteiger charge is 2.20. The molecule has 1 N–H and O–H groups in total. The highest BCUT2D eigenvalue weighted by Crippen LogP contribution is 2.23. The zero-order valence-electron chi connectivity index (χ0n) is 14.7. The summed E-state index contributed by atoms with van der Waals surface area (Å²) >= 11 is 1.64. The van der Waals surface area contributed by atoms with Gasteiger partial charge in [-0.1, -0.05) is 44.9 Å². The first kappa shape index (κ1) is 18.3. The first-order valence-electron chi connectivity index (χ1n) is 8.85. The molecule has 23 heavy (non-hydrogen) atoms. The Hall–Kier alpha value is -1.04. The fraction of sp³-hybridized carbons (Fsp3) is 0.824. The largest absolute Gasteiger partial charge is 0.356 e. The van der Waals surface area contributed by atoms with Crippen molar-refractivity contribution in [3.63, 3.8) is 0 Å². The van der Waals surface area contributed by atoms with Crippen LogP contribution in [0.5, 0.6) is 0 Å². The Kier molecular flexibility index (Phi) is 7.40. The summed E-state index contributed by atoms with van der Waals surface area (Å²) in [6, 6.07) is 0. The van der Waals surface area contributed by atoms with Crippen molar-refractivity contribution in [2.75, 3.05) is 12.8 Å². The SMILES string of the molecule is CSc1nnc(CCCNC(=O)C2CCCCC2)n1CC(C)C. The molecule has 0 aromatic carbocycles. The minimum atomic E-state index is 0.247. The molecule has 1 amide bonds. The molecule has 1 aromatic heterocycles. The summed E-state index contributed by atoms with van der Waals surface area (Å²) in [6.07, 6.45) is 9.63. The Bertz CT molecular complexity index is 495. The van der Waals surface area contributed by atoms with E-state index in [4.69, 9.17) is 0 Å². The van der Waals surface area contributed by atoms with Crippen molar-refractivity contribution in [2.45, 2.75) is 70.5 Å². The molecule has 1 saturated carbocycles. The molecule has 130 valence electrons. The van der Waals surface area contributed by atoms with Crippen LogP contribution < -0.4 is 5.32 Å². The molecular weight excluding hydrogens is 308 g/mol. The smallest absolute Gasteiger partial charge is 0.223 e. The lowest BCUT2D eigenvalue weighted by Gasteiger charge is -2.20. The summed E-state index contributed by atoms with van der Waals surface area (Å²) in [5, 5.41) is 12.7. The van der Waals surface area contributed by atoms with Crippen LogP contribution >= 0.6 is 11.8 Å². The first-order chi connectivity index (χ1) is 11.1. The third kappa shape index (κ3) is 5.52. The molecule has 0 aliphatic heterocycles. The van der Waals surface area contributed by atoms with Crippen molar-refractivity contribution in [2.24, 2.45) is 11.8 Å². The van der Waals surface area contributed by atoms with Crippen LogP contribution in [0.3, 0.4) is 0 Å². The van der Waals surface area contributed by atoms with Crippen molar-refractivity contribution in [3.8, 4) is 0 Å². The van der Waals surface area contributed by atoms with Gasteiger partial charge >= 0.3 is 0 Å². The minimum absolute atomic E-state index is 0.247. The molecular formula is C17H30N4OS. The lowest BCUT2D eigenvalue weighted by atomic mass is 9.89. The Labute approximate surface area is 144 Å². The Morgan fingerprint density at radius 3 is 2.70 bits per heavy atom. The number of aromatic nitrogens is 3. The summed E-state index contributed by atoms with van der Waals surface area (Å²) in [7, 11) is 0. The molecule has 0 bridgehead atoms. The lowest BCUT2D eigenvalue weighted by Crippen LogP contribution is -2.32. The van der Waals surface area contributed by atoms with Gasteiger partial charge in [-0.05, 0) is 31.4 Å². The number of hydrogen-bond donors (Lipinski definition) is 1. The van der Waals surface area contributed by atoms with Crippen LogP contribution in [0.25, 0.3) is 0 Å². The molecule has 2 rings (SSSR count). The van der Waals surface area contributed by atoms with E-state index in [1.807, 2.05) is 6.26 Å². The maximum atomic E-state index is 12.1. The summed E-state index contributed by atoms with van der Waals surface area (Å²) in [5.74, 6) is 2.10. The van der Waals surface area contributed by atoms with Gasteiger partial charge in [0.2, 0.25) is 5.91 Å². The molecule has 1 heterocycles. The van der Waals surface area contributed by atoms with Crippen LogP contribution in [-0.4, -0.2) is 33.5 Å². The maximum absolute atomic E-state index is 12.1. The van der Waals surface area contributed by atoms with Crippen molar-refractivity contribution in [3.05, 3.63) is 5.82 Å². The van der Waals surface area contributed by atoms with Crippen molar-refractivity contribution in [1.29, 1.82) is 0 Å². The fourth-order valence-electron chi connectivity index (χ4n) is 3.17. The van der Waals surface area contributed by atoms with Gasteiger partial charge in [0, 0.05) is 25.4 Å². The zero-order chi connectivity index (χ0) is 16.7. The third-order valence-corrected chi connectivity index (χ3v) is 5.04. The highest BCUT2D eigenvalue weighted by atomic mass is 32.2. The molecule has 0 unspecified atom stereocenters. The van der Waals surface area contributed by atoms with Crippen molar-refractivity contribution in [1.82, 2.24) is 20.1 Å². The normalized spacial score (nSPS) is 16.0. The van der Waals surface area contributed by atoms with E-state index in [2.05, 4.69) is 33.9 Å². The van der Waals surface area contributed by atoms with Gasteiger partial charge in [0.1, 0.15) is 5.82 Å². The first-order valence-corrected chi connectivity index (χ1v) is 10.1. The van der Waals surface area contributed by atoms with Gasteiger partial charge in [-0.15, -0.1) is 10.2 Å². The van der Waals surface area contributed by atoms with Gasteiger partial charge in [-0.2, -0.15) is 0 Å². The number of thioether (sulfide) groups is 1. The molecule has 1 aliphatic carbocycles. The topological polar surface area (TPSA) is 59.8 Å². The van der Waals surface area contributed by atoms with Crippen LogP contribution in [0.15, 0.2) is 5.16 Å². The number of carbonyl (C=O) groups is 1. The van der Waals surface area contributed by atoms with E-state index >= 15 is 0 Å². The van der Waals surface area contributed by atoms with Gasteiger partial charge in [0.15, 0.2) is 5.16 Å².